The molecule has 2 rings (SSSR count). The zero-order valence-corrected chi connectivity index (χ0v) is 13.8. The number of hydrogen-bond acceptors (Lipinski definition) is 1. The van der Waals surface area contributed by atoms with Crippen molar-refractivity contribution in [2.24, 2.45) is 0 Å². The van der Waals surface area contributed by atoms with Crippen molar-refractivity contribution in [1.29, 1.82) is 0 Å². The standard InChI is InChI=1S/C16H20NO.HI/c1-17(2,15-7-5-4-6-8-15)13-14-9-11-16(18-3)12-10-14;/h4-12H,13H2,1-3H3;1H/q+1;/p-1. The Labute approximate surface area is 132 Å². The van der Waals surface area contributed by atoms with Crippen LogP contribution >= 0.6 is 0 Å². The van der Waals surface area contributed by atoms with Crippen LogP contribution in [0.4, 0.5) is 5.69 Å². The van der Waals surface area contributed by atoms with Crippen molar-refractivity contribution < 1.29 is 28.7 Å². The van der Waals surface area contributed by atoms with E-state index in [1.54, 1.807) is 7.11 Å². The highest BCUT2D eigenvalue weighted by Crippen LogP contribution is 2.22. The van der Waals surface area contributed by atoms with Gasteiger partial charge in [-0.15, -0.1) is 0 Å². The molecule has 0 aliphatic rings. The fraction of sp³-hybridized carbons (Fsp3) is 0.250. The summed E-state index contributed by atoms with van der Waals surface area (Å²) in [5.41, 5.74) is 2.62. The highest BCUT2D eigenvalue weighted by molar-refractivity contribution is 5.42. The van der Waals surface area contributed by atoms with Crippen LogP contribution in [0, 0.1) is 0 Å². The molecule has 0 fully saturated rings. The van der Waals surface area contributed by atoms with Crippen molar-refractivity contribution in [3.8, 4) is 5.75 Å². The van der Waals surface area contributed by atoms with Crippen molar-refractivity contribution in [2.75, 3.05) is 21.2 Å². The molecule has 2 aromatic carbocycles. The van der Waals surface area contributed by atoms with Gasteiger partial charge in [-0.2, -0.15) is 0 Å². The molecule has 0 aliphatic carbocycles. The number of methoxy groups -OCH3 is 1. The summed E-state index contributed by atoms with van der Waals surface area (Å²) < 4.78 is 6.02. The van der Waals surface area contributed by atoms with Gasteiger partial charge in [-0.25, -0.2) is 0 Å². The van der Waals surface area contributed by atoms with Crippen LogP contribution in [-0.4, -0.2) is 21.2 Å². The van der Waals surface area contributed by atoms with Crippen LogP contribution < -0.4 is 33.2 Å². The van der Waals surface area contributed by atoms with Crippen LogP contribution in [0.25, 0.3) is 0 Å². The predicted octanol–water partition coefficient (Wildman–Crippen LogP) is 0.466. The lowest BCUT2D eigenvalue weighted by molar-refractivity contribution is -0.00000424. The van der Waals surface area contributed by atoms with Crippen LogP contribution in [0.3, 0.4) is 0 Å². The van der Waals surface area contributed by atoms with Crippen LogP contribution in [0.1, 0.15) is 5.56 Å². The lowest BCUT2D eigenvalue weighted by Crippen LogP contribution is -3.00. The summed E-state index contributed by atoms with van der Waals surface area (Å²) in [5, 5.41) is 0. The summed E-state index contributed by atoms with van der Waals surface area (Å²) >= 11 is 0. The van der Waals surface area contributed by atoms with E-state index in [9.17, 15) is 0 Å². The van der Waals surface area contributed by atoms with Gasteiger partial charge in [-0.1, -0.05) is 18.2 Å². The van der Waals surface area contributed by atoms with Gasteiger partial charge in [0.05, 0.1) is 21.2 Å². The predicted molar refractivity (Wildman–Crippen MR) is 76.8 cm³/mol. The molecule has 2 nitrogen and oxygen atoms in total. The average molecular weight is 369 g/mol. The van der Waals surface area contributed by atoms with Crippen LogP contribution in [-0.2, 0) is 6.54 Å². The maximum Gasteiger partial charge on any atom is 0.132 e. The Bertz CT molecular complexity index is 494. The Kier molecular flexibility index (Phi) is 5.82. The molecule has 0 N–H and O–H groups in total. The first-order valence-corrected chi connectivity index (χ1v) is 6.13. The first-order chi connectivity index (χ1) is 8.62. The summed E-state index contributed by atoms with van der Waals surface area (Å²) in [7, 11) is 6.14. The van der Waals surface area contributed by atoms with Crippen LogP contribution in [0.2, 0.25) is 0 Å². The molecule has 0 bridgehead atoms. The van der Waals surface area contributed by atoms with Gasteiger partial charge in [0.25, 0.3) is 0 Å². The van der Waals surface area contributed by atoms with E-state index in [1.807, 2.05) is 12.1 Å². The molecule has 0 saturated carbocycles. The van der Waals surface area contributed by atoms with Gasteiger partial charge in [0.15, 0.2) is 0 Å². The molecule has 0 unspecified atom stereocenters. The fourth-order valence-corrected chi connectivity index (χ4v) is 2.11. The van der Waals surface area contributed by atoms with Gasteiger partial charge in [0.2, 0.25) is 0 Å². The largest absolute Gasteiger partial charge is 1.00 e. The molecule has 3 heteroatoms. The zero-order chi connectivity index (χ0) is 13.0. The van der Waals surface area contributed by atoms with Gasteiger partial charge < -0.3 is 28.7 Å². The molecule has 0 spiro atoms. The molecule has 102 valence electrons. The van der Waals surface area contributed by atoms with Crippen molar-refractivity contribution in [3.63, 3.8) is 0 Å². The second-order valence-corrected chi connectivity index (χ2v) is 5.03. The minimum absolute atomic E-state index is 0. The molecule has 0 radical (unpaired) electrons. The number of nitrogens with zero attached hydrogens (tertiary/aromatic N) is 1. The Morgan fingerprint density at radius 2 is 1.47 bits per heavy atom. The summed E-state index contributed by atoms with van der Waals surface area (Å²) in [6.07, 6.45) is 0. The number of rotatable bonds is 4. The van der Waals surface area contributed by atoms with Crippen LogP contribution in [0.5, 0.6) is 5.75 Å². The van der Waals surface area contributed by atoms with Crippen molar-refractivity contribution >= 4 is 5.69 Å². The third-order valence-corrected chi connectivity index (χ3v) is 3.19. The van der Waals surface area contributed by atoms with Crippen molar-refractivity contribution in [1.82, 2.24) is 4.48 Å². The minimum Gasteiger partial charge on any atom is -1.00 e. The lowest BCUT2D eigenvalue weighted by Gasteiger charge is -2.29. The van der Waals surface area contributed by atoms with E-state index >= 15 is 0 Å². The maximum absolute atomic E-state index is 5.18. The third kappa shape index (κ3) is 4.21. The molecule has 0 atom stereocenters. The number of hydrogen-bond donors (Lipinski definition) is 0. The number of halogens is 1. The van der Waals surface area contributed by atoms with E-state index in [-0.39, 0.29) is 24.0 Å². The molecule has 2 aromatic rings. The number of para-hydroxylation sites is 1. The number of benzene rings is 2. The summed E-state index contributed by atoms with van der Waals surface area (Å²) in [6, 6.07) is 18.8. The van der Waals surface area contributed by atoms with E-state index in [2.05, 4.69) is 56.6 Å². The van der Waals surface area contributed by atoms with Crippen molar-refractivity contribution in [2.45, 2.75) is 6.54 Å². The van der Waals surface area contributed by atoms with Gasteiger partial charge >= 0.3 is 0 Å². The van der Waals surface area contributed by atoms with E-state index in [0.29, 0.717) is 0 Å². The normalized spacial score (nSPS) is 10.7. The molecule has 0 aliphatic heterocycles. The molecular formula is C16H20INO. The lowest BCUT2D eigenvalue weighted by atomic mass is 10.1. The van der Waals surface area contributed by atoms with Gasteiger partial charge in [-0.05, 0) is 36.4 Å². The Balaban J connectivity index is 0.00000180. The highest BCUT2D eigenvalue weighted by Gasteiger charge is 2.18. The molecule has 19 heavy (non-hydrogen) atoms. The number of ether oxygens (including phenoxy) is 1. The van der Waals surface area contributed by atoms with E-state index in [4.69, 9.17) is 4.74 Å². The molecule has 0 saturated heterocycles. The summed E-state index contributed by atoms with van der Waals surface area (Å²) in [6.45, 7) is 0.966. The molecular weight excluding hydrogens is 349 g/mol. The summed E-state index contributed by atoms with van der Waals surface area (Å²) in [4.78, 5) is 0. The number of quaternary nitrogens is 1. The SMILES string of the molecule is COc1ccc(C[N+](C)(C)c2ccccc2)cc1.[I-]. The second kappa shape index (κ2) is 6.91. The fourth-order valence-electron chi connectivity index (χ4n) is 2.11. The smallest absolute Gasteiger partial charge is 0.132 e. The molecule has 0 amide bonds. The molecule has 0 heterocycles. The van der Waals surface area contributed by atoms with E-state index < -0.39 is 0 Å². The van der Waals surface area contributed by atoms with E-state index in [1.165, 1.54) is 11.3 Å². The monoisotopic (exact) mass is 369 g/mol. The van der Waals surface area contributed by atoms with Crippen LogP contribution in [0.15, 0.2) is 54.6 Å². The first kappa shape index (κ1) is 16.0. The average Bonchev–Trinajstić information content (AvgIpc) is 2.40. The highest BCUT2D eigenvalue weighted by atomic mass is 127. The van der Waals surface area contributed by atoms with Gasteiger partial charge in [-0.3, -0.25) is 4.48 Å². The Hall–Kier alpha value is -1.07. The minimum atomic E-state index is 0. The Morgan fingerprint density at radius 1 is 0.895 bits per heavy atom. The van der Waals surface area contributed by atoms with Gasteiger partial charge in [0, 0.05) is 5.56 Å². The maximum atomic E-state index is 5.18. The second-order valence-electron chi connectivity index (χ2n) is 5.03. The van der Waals surface area contributed by atoms with Crippen molar-refractivity contribution in [3.05, 3.63) is 60.2 Å². The molecule has 0 aromatic heterocycles. The quantitative estimate of drug-likeness (QED) is 0.563. The Morgan fingerprint density at radius 3 is 2.00 bits per heavy atom. The zero-order valence-electron chi connectivity index (χ0n) is 11.6. The summed E-state index contributed by atoms with van der Waals surface area (Å²) in [5.74, 6) is 0.906. The van der Waals surface area contributed by atoms with E-state index in [0.717, 1.165) is 16.8 Å². The topological polar surface area (TPSA) is 9.23 Å². The first-order valence-electron chi connectivity index (χ1n) is 6.13. The third-order valence-electron chi connectivity index (χ3n) is 3.19. The van der Waals surface area contributed by atoms with Gasteiger partial charge in [0.1, 0.15) is 18.0 Å².